The number of aromatic nitrogens is 2. The Bertz CT molecular complexity index is 380. The predicted octanol–water partition coefficient (Wildman–Crippen LogP) is 0.669. The van der Waals surface area contributed by atoms with Crippen LogP contribution < -0.4 is 10.5 Å². The summed E-state index contributed by atoms with van der Waals surface area (Å²) in [5, 5.41) is 0. The Morgan fingerprint density at radius 1 is 1.38 bits per heavy atom. The summed E-state index contributed by atoms with van der Waals surface area (Å²) in [6.07, 6.45) is 1.15. The first-order valence-electron chi connectivity index (χ1n) is 5.63. The van der Waals surface area contributed by atoms with Crippen molar-refractivity contribution in [3.05, 3.63) is 17.1 Å². The molecule has 1 aliphatic rings. The molecule has 0 amide bonds. The van der Waals surface area contributed by atoms with Gasteiger partial charge in [0.2, 0.25) is 5.88 Å². The zero-order valence-electron chi connectivity index (χ0n) is 9.86. The van der Waals surface area contributed by atoms with Crippen molar-refractivity contribution in [2.75, 3.05) is 13.7 Å². The maximum Gasteiger partial charge on any atom is 0.221 e. The van der Waals surface area contributed by atoms with Gasteiger partial charge in [-0.3, -0.25) is 4.90 Å². The molecule has 0 aromatic carbocycles. The van der Waals surface area contributed by atoms with E-state index in [1.54, 1.807) is 7.11 Å². The first-order valence-corrected chi connectivity index (χ1v) is 5.63. The van der Waals surface area contributed by atoms with Crippen LogP contribution in [-0.2, 0) is 19.6 Å². The number of nitrogens with zero attached hydrogens (tertiary/aromatic N) is 3. The maximum atomic E-state index is 5.57. The van der Waals surface area contributed by atoms with Gasteiger partial charge >= 0.3 is 0 Å². The molecule has 0 radical (unpaired) electrons. The molecule has 1 aromatic rings. The van der Waals surface area contributed by atoms with Gasteiger partial charge < -0.3 is 10.5 Å². The van der Waals surface area contributed by atoms with Crippen LogP contribution in [0, 0.1) is 0 Å². The molecule has 1 aliphatic heterocycles. The van der Waals surface area contributed by atoms with E-state index >= 15 is 0 Å². The summed E-state index contributed by atoms with van der Waals surface area (Å²) in [4.78, 5) is 11.1. The van der Waals surface area contributed by atoms with Crippen molar-refractivity contribution in [3.8, 4) is 5.88 Å². The smallest absolute Gasteiger partial charge is 0.221 e. The fourth-order valence-corrected chi connectivity index (χ4v) is 2.07. The summed E-state index contributed by atoms with van der Waals surface area (Å²) in [6.45, 7) is 5.39. The van der Waals surface area contributed by atoms with Gasteiger partial charge in [0.05, 0.1) is 24.9 Å². The van der Waals surface area contributed by atoms with Crippen molar-refractivity contribution in [3.63, 3.8) is 0 Å². The topological polar surface area (TPSA) is 64.3 Å². The minimum Gasteiger partial charge on any atom is -0.481 e. The second-order valence-corrected chi connectivity index (χ2v) is 3.99. The Labute approximate surface area is 95.6 Å². The molecule has 2 heterocycles. The molecule has 0 fully saturated rings. The zero-order valence-corrected chi connectivity index (χ0v) is 9.86. The molecule has 0 bridgehead atoms. The highest BCUT2D eigenvalue weighted by atomic mass is 16.5. The van der Waals surface area contributed by atoms with Gasteiger partial charge in [0.1, 0.15) is 5.82 Å². The molecule has 88 valence electrons. The van der Waals surface area contributed by atoms with Gasteiger partial charge in [-0.2, -0.15) is 4.98 Å². The number of methoxy groups -OCH3 is 1. The molecule has 0 unspecified atom stereocenters. The van der Waals surface area contributed by atoms with E-state index in [-0.39, 0.29) is 0 Å². The number of ether oxygens (including phenoxy) is 1. The Morgan fingerprint density at radius 3 is 2.81 bits per heavy atom. The maximum absolute atomic E-state index is 5.57. The van der Waals surface area contributed by atoms with Crippen molar-refractivity contribution in [2.24, 2.45) is 5.73 Å². The number of hydrogen-bond acceptors (Lipinski definition) is 5. The lowest BCUT2D eigenvalue weighted by atomic mass is 10.2. The van der Waals surface area contributed by atoms with Crippen LogP contribution in [0.4, 0.5) is 0 Å². The highest BCUT2D eigenvalue weighted by molar-refractivity contribution is 5.34. The van der Waals surface area contributed by atoms with Crippen molar-refractivity contribution in [1.29, 1.82) is 0 Å². The molecule has 0 saturated heterocycles. The summed E-state index contributed by atoms with van der Waals surface area (Å²) in [5.41, 5.74) is 7.76. The number of fused-ring (bicyclic) bond motifs is 1. The van der Waals surface area contributed by atoms with E-state index in [0.29, 0.717) is 18.2 Å². The van der Waals surface area contributed by atoms with Crippen LogP contribution in [0.2, 0.25) is 0 Å². The van der Waals surface area contributed by atoms with E-state index in [2.05, 4.69) is 21.8 Å². The molecule has 2 rings (SSSR count). The van der Waals surface area contributed by atoms with Crippen LogP contribution in [-0.4, -0.2) is 28.5 Å². The van der Waals surface area contributed by atoms with Gasteiger partial charge in [-0.15, -0.1) is 0 Å². The molecule has 16 heavy (non-hydrogen) atoms. The molecule has 5 heteroatoms. The van der Waals surface area contributed by atoms with Crippen LogP contribution in [0.25, 0.3) is 0 Å². The number of nitrogens with two attached hydrogens (primary N) is 1. The van der Waals surface area contributed by atoms with Crippen molar-refractivity contribution in [1.82, 2.24) is 14.9 Å². The van der Waals surface area contributed by atoms with Crippen LogP contribution in [0.1, 0.15) is 30.4 Å². The van der Waals surface area contributed by atoms with Gasteiger partial charge in [-0.05, 0) is 13.0 Å². The monoisotopic (exact) mass is 222 g/mol. The molecule has 0 saturated carbocycles. The lowest BCUT2D eigenvalue weighted by molar-refractivity contribution is 0.280. The van der Waals surface area contributed by atoms with Gasteiger partial charge in [-0.1, -0.05) is 6.92 Å². The van der Waals surface area contributed by atoms with Gasteiger partial charge in [0.25, 0.3) is 0 Å². The standard InChI is InChI=1S/C11H18N4O/c1-3-4-15-6-8-9(7-15)13-10(5-12)14-11(8)16-2/h3-7,12H2,1-2H3. The third-order valence-corrected chi connectivity index (χ3v) is 2.77. The predicted molar refractivity (Wildman–Crippen MR) is 60.9 cm³/mol. The average molecular weight is 222 g/mol. The Balaban J connectivity index is 2.29. The van der Waals surface area contributed by atoms with E-state index < -0.39 is 0 Å². The molecular formula is C11H18N4O. The minimum atomic E-state index is 0.359. The summed E-state index contributed by atoms with van der Waals surface area (Å²) in [6, 6.07) is 0. The van der Waals surface area contributed by atoms with Crippen LogP contribution in [0.5, 0.6) is 5.88 Å². The Kier molecular flexibility index (Phi) is 3.36. The van der Waals surface area contributed by atoms with Gasteiger partial charge in [0, 0.05) is 13.1 Å². The van der Waals surface area contributed by atoms with E-state index in [4.69, 9.17) is 10.5 Å². The summed E-state index contributed by atoms with van der Waals surface area (Å²) in [7, 11) is 1.64. The molecule has 5 nitrogen and oxygen atoms in total. The van der Waals surface area contributed by atoms with E-state index in [1.165, 1.54) is 0 Å². The van der Waals surface area contributed by atoms with Crippen molar-refractivity contribution >= 4 is 0 Å². The Hall–Kier alpha value is -1.20. The highest BCUT2D eigenvalue weighted by Gasteiger charge is 2.24. The lowest BCUT2D eigenvalue weighted by Gasteiger charge is -2.11. The second-order valence-electron chi connectivity index (χ2n) is 3.99. The summed E-state index contributed by atoms with van der Waals surface area (Å²) in [5.74, 6) is 1.35. The summed E-state index contributed by atoms with van der Waals surface area (Å²) >= 11 is 0. The number of hydrogen-bond donors (Lipinski definition) is 1. The Morgan fingerprint density at radius 2 is 2.19 bits per heavy atom. The van der Waals surface area contributed by atoms with Crippen molar-refractivity contribution in [2.45, 2.75) is 33.0 Å². The van der Waals surface area contributed by atoms with Gasteiger partial charge in [-0.25, -0.2) is 4.98 Å². The largest absolute Gasteiger partial charge is 0.481 e. The zero-order chi connectivity index (χ0) is 11.5. The first-order chi connectivity index (χ1) is 7.78. The second kappa shape index (κ2) is 4.76. The quantitative estimate of drug-likeness (QED) is 0.811. The van der Waals surface area contributed by atoms with Crippen molar-refractivity contribution < 1.29 is 4.74 Å². The van der Waals surface area contributed by atoms with Gasteiger partial charge in [0.15, 0.2) is 0 Å². The third kappa shape index (κ3) is 2.01. The fourth-order valence-electron chi connectivity index (χ4n) is 2.07. The molecule has 0 atom stereocenters. The minimum absolute atomic E-state index is 0.359. The van der Waals surface area contributed by atoms with Crippen LogP contribution >= 0.6 is 0 Å². The van der Waals surface area contributed by atoms with E-state index in [0.717, 1.165) is 37.3 Å². The molecular weight excluding hydrogens is 204 g/mol. The van der Waals surface area contributed by atoms with E-state index in [9.17, 15) is 0 Å². The molecule has 2 N–H and O–H groups in total. The highest BCUT2D eigenvalue weighted by Crippen LogP contribution is 2.28. The molecule has 0 spiro atoms. The molecule has 0 aliphatic carbocycles. The van der Waals surface area contributed by atoms with Crippen LogP contribution in [0.15, 0.2) is 0 Å². The number of rotatable bonds is 4. The average Bonchev–Trinajstić information content (AvgIpc) is 2.70. The lowest BCUT2D eigenvalue weighted by Crippen LogP contribution is -2.16. The summed E-state index contributed by atoms with van der Waals surface area (Å²) < 4.78 is 5.29. The third-order valence-electron chi connectivity index (χ3n) is 2.77. The normalized spacial score (nSPS) is 15.2. The fraction of sp³-hybridized carbons (Fsp3) is 0.636. The van der Waals surface area contributed by atoms with Crippen LogP contribution in [0.3, 0.4) is 0 Å². The van der Waals surface area contributed by atoms with E-state index in [1.807, 2.05) is 0 Å². The SMILES string of the molecule is CCCN1Cc2nc(CN)nc(OC)c2C1. The molecule has 1 aromatic heterocycles. The first kappa shape index (κ1) is 11.3.